The van der Waals surface area contributed by atoms with Gasteiger partial charge in [0.1, 0.15) is 18.7 Å². The number of carbonyl (C=O) groups is 2. The summed E-state index contributed by atoms with van der Waals surface area (Å²) in [7, 11) is 1.79. The van der Waals surface area contributed by atoms with Gasteiger partial charge in [0.15, 0.2) is 0 Å². The monoisotopic (exact) mass is 411 g/mol. The predicted octanol–water partition coefficient (Wildman–Crippen LogP) is 3.29. The number of likely N-dealkylation sites (N-methyl/N-ethyl adjacent to an activating group) is 1. The normalized spacial score (nSPS) is 18.7. The third-order valence-electron chi connectivity index (χ3n) is 5.98. The SMILES string of the molecule is C/C(C=O)=C/C(=N\N(C)CC(=O)Nc1cc(C)nc(C)c1)N1CCC2(CCCC2)C1. The Morgan fingerprint density at radius 1 is 1.27 bits per heavy atom. The van der Waals surface area contributed by atoms with E-state index >= 15 is 0 Å². The molecule has 1 amide bonds. The zero-order valence-corrected chi connectivity index (χ0v) is 18.6. The average Bonchev–Trinajstić information content (AvgIpc) is 3.30. The molecule has 0 unspecified atom stereocenters. The van der Waals surface area contributed by atoms with E-state index in [1.165, 1.54) is 32.1 Å². The van der Waals surface area contributed by atoms with E-state index < -0.39 is 0 Å². The number of nitrogens with one attached hydrogen (secondary N) is 1. The van der Waals surface area contributed by atoms with Crippen LogP contribution in [0.15, 0.2) is 28.9 Å². The largest absolute Gasteiger partial charge is 0.355 e. The molecule has 7 heteroatoms. The number of hydrazone groups is 1. The Labute approximate surface area is 179 Å². The van der Waals surface area contributed by atoms with Gasteiger partial charge < -0.3 is 10.2 Å². The van der Waals surface area contributed by atoms with Crippen LogP contribution in [0.5, 0.6) is 0 Å². The van der Waals surface area contributed by atoms with Crippen molar-refractivity contribution in [2.45, 2.75) is 52.9 Å². The average molecular weight is 412 g/mol. The van der Waals surface area contributed by atoms with Crippen molar-refractivity contribution < 1.29 is 9.59 Å². The number of hydrogen-bond donors (Lipinski definition) is 1. The Hall–Kier alpha value is -2.70. The smallest absolute Gasteiger partial charge is 0.245 e. The summed E-state index contributed by atoms with van der Waals surface area (Å²) in [4.78, 5) is 30.3. The Kier molecular flexibility index (Phi) is 6.90. The lowest BCUT2D eigenvalue weighted by molar-refractivity contribution is -0.117. The van der Waals surface area contributed by atoms with Gasteiger partial charge in [-0.3, -0.25) is 19.6 Å². The molecule has 2 fully saturated rings. The second-order valence-corrected chi connectivity index (χ2v) is 8.85. The molecule has 0 radical (unpaired) electrons. The van der Waals surface area contributed by atoms with Gasteiger partial charge in [-0.05, 0) is 69.2 Å². The minimum Gasteiger partial charge on any atom is -0.355 e. The summed E-state index contributed by atoms with van der Waals surface area (Å²) in [5, 5.41) is 9.24. The molecule has 0 bridgehead atoms. The standard InChI is InChI=1S/C23H33N5O2/c1-17(15-29)11-21(28-10-9-23(16-28)7-5-6-8-23)26-27(4)14-22(30)25-20-12-18(2)24-19(3)13-20/h11-13,15H,5-10,14,16H2,1-4H3,(H,24,25,30)/b17-11-,26-21+. The highest BCUT2D eigenvalue weighted by Crippen LogP contribution is 2.45. The molecule has 1 saturated heterocycles. The number of aryl methyl sites for hydroxylation is 2. The van der Waals surface area contributed by atoms with Gasteiger partial charge in [-0.1, -0.05) is 12.8 Å². The van der Waals surface area contributed by atoms with Crippen molar-refractivity contribution in [3.8, 4) is 0 Å². The van der Waals surface area contributed by atoms with Crippen LogP contribution in [0.2, 0.25) is 0 Å². The van der Waals surface area contributed by atoms with E-state index in [4.69, 9.17) is 0 Å². The summed E-state index contributed by atoms with van der Waals surface area (Å²) >= 11 is 0. The van der Waals surface area contributed by atoms with Crippen LogP contribution in [-0.4, -0.2) is 59.6 Å². The zero-order valence-electron chi connectivity index (χ0n) is 18.6. The fourth-order valence-corrected chi connectivity index (χ4v) is 4.61. The number of hydrogen-bond acceptors (Lipinski definition) is 5. The van der Waals surface area contributed by atoms with Crippen LogP contribution in [0.25, 0.3) is 0 Å². The van der Waals surface area contributed by atoms with E-state index in [2.05, 4.69) is 20.3 Å². The number of rotatable bonds is 6. The molecule has 1 N–H and O–H groups in total. The van der Waals surface area contributed by atoms with E-state index in [-0.39, 0.29) is 12.5 Å². The number of likely N-dealkylation sites (tertiary alicyclic amines) is 1. The van der Waals surface area contributed by atoms with Gasteiger partial charge in [-0.15, -0.1) is 0 Å². The van der Waals surface area contributed by atoms with E-state index in [1.807, 2.05) is 32.1 Å². The fraction of sp³-hybridized carbons (Fsp3) is 0.565. The maximum atomic E-state index is 12.5. The topological polar surface area (TPSA) is 77.9 Å². The van der Waals surface area contributed by atoms with Gasteiger partial charge in [0, 0.05) is 37.2 Å². The van der Waals surface area contributed by atoms with Crippen molar-refractivity contribution in [2.75, 3.05) is 32.0 Å². The van der Waals surface area contributed by atoms with Crippen molar-refractivity contribution in [2.24, 2.45) is 10.5 Å². The van der Waals surface area contributed by atoms with Gasteiger partial charge >= 0.3 is 0 Å². The summed E-state index contributed by atoms with van der Waals surface area (Å²) in [6, 6.07) is 3.70. The number of aldehydes is 1. The molecule has 1 aromatic heterocycles. The van der Waals surface area contributed by atoms with Gasteiger partial charge in [0.25, 0.3) is 0 Å². The molecule has 3 rings (SSSR count). The summed E-state index contributed by atoms with van der Waals surface area (Å²) in [5.74, 6) is 0.615. The summed E-state index contributed by atoms with van der Waals surface area (Å²) < 4.78 is 0. The first-order valence-electron chi connectivity index (χ1n) is 10.7. The predicted molar refractivity (Wildman–Crippen MR) is 119 cm³/mol. The van der Waals surface area contributed by atoms with Crippen LogP contribution < -0.4 is 5.32 Å². The molecule has 0 aromatic carbocycles. The van der Waals surface area contributed by atoms with Crippen LogP contribution in [0.3, 0.4) is 0 Å². The minimum atomic E-state index is -0.143. The number of nitrogens with zero attached hydrogens (tertiary/aromatic N) is 4. The Morgan fingerprint density at radius 2 is 1.93 bits per heavy atom. The molecule has 1 aliphatic heterocycles. The lowest BCUT2D eigenvalue weighted by atomic mass is 9.86. The van der Waals surface area contributed by atoms with Crippen LogP contribution >= 0.6 is 0 Å². The molecule has 1 aliphatic carbocycles. The first-order valence-corrected chi connectivity index (χ1v) is 10.7. The van der Waals surface area contributed by atoms with Crippen LogP contribution in [0.1, 0.15) is 50.4 Å². The molecular formula is C23H33N5O2. The third-order valence-corrected chi connectivity index (χ3v) is 5.98. The summed E-state index contributed by atoms with van der Waals surface area (Å²) in [6.07, 6.45) is 9.00. The van der Waals surface area contributed by atoms with Crippen molar-refractivity contribution in [3.63, 3.8) is 0 Å². The molecule has 2 aliphatic rings. The number of aromatic nitrogens is 1. The van der Waals surface area contributed by atoms with E-state index in [0.717, 1.165) is 42.3 Å². The van der Waals surface area contributed by atoms with E-state index in [0.29, 0.717) is 11.0 Å². The number of allylic oxidation sites excluding steroid dienone is 1. The second kappa shape index (κ2) is 9.41. The van der Waals surface area contributed by atoms with Crippen molar-refractivity contribution >= 4 is 23.7 Å². The molecule has 0 atom stereocenters. The molecule has 30 heavy (non-hydrogen) atoms. The third kappa shape index (κ3) is 5.68. The van der Waals surface area contributed by atoms with Gasteiger partial charge in [-0.25, -0.2) is 0 Å². The quantitative estimate of drug-likeness (QED) is 0.256. The first kappa shape index (κ1) is 22.0. The number of amidine groups is 1. The van der Waals surface area contributed by atoms with Crippen molar-refractivity contribution in [1.82, 2.24) is 14.9 Å². The maximum Gasteiger partial charge on any atom is 0.245 e. The summed E-state index contributed by atoms with van der Waals surface area (Å²) in [5.41, 5.74) is 3.49. The molecule has 1 saturated carbocycles. The Morgan fingerprint density at radius 3 is 2.57 bits per heavy atom. The van der Waals surface area contributed by atoms with Gasteiger partial charge in [-0.2, -0.15) is 5.10 Å². The highest BCUT2D eigenvalue weighted by molar-refractivity contribution is 5.97. The lowest BCUT2D eigenvalue weighted by Crippen LogP contribution is -2.34. The molecule has 1 spiro atoms. The number of pyridine rings is 1. The molecule has 7 nitrogen and oxygen atoms in total. The lowest BCUT2D eigenvalue weighted by Gasteiger charge is -2.25. The second-order valence-electron chi connectivity index (χ2n) is 8.85. The number of carbonyl (C=O) groups excluding carboxylic acids is 2. The van der Waals surface area contributed by atoms with E-state index in [9.17, 15) is 9.59 Å². The Balaban J connectivity index is 1.69. The van der Waals surface area contributed by atoms with E-state index in [1.54, 1.807) is 19.0 Å². The highest BCUT2D eigenvalue weighted by atomic mass is 16.2. The fourth-order valence-electron chi connectivity index (χ4n) is 4.61. The van der Waals surface area contributed by atoms with Crippen molar-refractivity contribution in [3.05, 3.63) is 35.2 Å². The zero-order chi connectivity index (χ0) is 21.7. The molecule has 1 aromatic rings. The molecular weight excluding hydrogens is 378 g/mol. The summed E-state index contributed by atoms with van der Waals surface area (Å²) in [6.45, 7) is 7.63. The van der Waals surface area contributed by atoms with Crippen LogP contribution in [0.4, 0.5) is 5.69 Å². The Bertz CT molecular complexity index is 835. The highest BCUT2D eigenvalue weighted by Gasteiger charge is 2.40. The maximum absolute atomic E-state index is 12.5. The molecule has 162 valence electrons. The van der Waals surface area contributed by atoms with Gasteiger partial charge in [0.2, 0.25) is 5.91 Å². The first-order chi connectivity index (χ1) is 14.3. The minimum absolute atomic E-state index is 0.122. The van der Waals surface area contributed by atoms with Crippen LogP contribution in [-0.2, 0) is 9.59 Å². The van der Waals surface area contributed by atoms with Crippen molar-refractivity contribution in [1.29, 1.82) is 0 Å². The number of anilines is 1. The van der Waals surface area contributed by atoms with Gasteiger partial charge in [0.05, 0.1) is 0 Å². The molecule has 2 heterocycles. The van der Waals surface area contributed by atoms with Crippen LogP contribution in [0, 0.1) is 19.3 Å². The number of amides is 1.